The molecule has 0 heterocycles. The minimum Gasteiger partial charge on any atom is -0.479 e. The van der Waals surface area contributed by atoms with Crippen LogP contribution in [0.3, 0.4) is 0 Å². The summed E-state index contributed by atoms with van der Waals surface area (Å²) in [4.78, 5) is 10.6. The Kier molecular flexibility index (Phi) is 5.86. The van der Waals surface area contributed by atoms with Crippen LogP contribution in [0, 0.1) is 18.3 Å². The molecule has 0 atom stereocenters. The van der Waals surface area contributed by atoms with Crippen molar-refractivity contribution in [2.45, 2.75) is 6.92 Å². The number of aliphatic carboxylic acids is 1. The quantitative estimate of drug-likeness (QED) is 0.611. The number of rotatable bonds is 5. The van der Waals surface area contributed by atoms with Crippen LogP contribution in [0.25, 0.3) is 11.6 Å². The molecule has 2 rings (SSSR count). The van der Waals surface area contributed by atoms with E-state index >= 15 is 0 Å². The fraction of sp³-hybridized carbons (Fsp3) is 0.111. The van der Waals surface area contributed by atoms with Crippen molar-refractivity contribution in [3.8, 4) is 11.8 Å². The molecule has 4 nitrogen and oxygen atoms in total. The molecule has 1 N–H and O–H groups in total. The molecule has 6 heteroatoms. The number of hydrogen-bond acceptors (Lipinski definition) is 3. The average molecular weight is 362 g/mol. The first-order chi connectivity index (χ1) is 11.4. The zero-order chi connectivity index (χ0) is 17.7. The number of allylic oxidation sites excluding steroid dienone is 1. The van der Waals surface area contributed by atoms with Gasteiger partial charge in [0, 0.05) is 0 Å². The van der Waals surface area contributed by atoms with Crippen LogP contribution in [0.1, 0.15) is 16.7 Å². The van der Waals surface area contributed by atoms with Gasteiger partial charge >= 0.3 is 5.97 Å². The molecule has 0 saturated carbocycles. The molecular weight excluding hydrogens is 349 g/mol. The summed E-state index contributed by atoms with van der Waals surface area (Å²) in [6.07, 6.45) is 1.66. The molecule has 0 amide bonds. The van der Waals surface area contributed by atoms with Gasteiger partial charge in [0.2, 0.25) is 0 Å². The van der Waals surface area contributed by atoms with Gasteiger partial charge in [-0.05, 0) is 36.3 Å². The van der Waals surface area contributed by atoms with Gasteiger partial charge in [0.1, 0.15) is 0 Å². The first-order valence-corrected chi connectivity index (χ1v) is 7.69. The van der Waals surface area contributed by atoms with Crippen LogP contribution >= 0.6 is 23.2 Å². The number of carboxylic acids is 1. The minimum absolute atomic E-state index is 0.103. The van der Waals surface area contributed by atoms with Crippen molar-refractivity contribution in [3.05, 3.63) is 63.1 Å². The van der Waals surface area contributed by atoms with Crippen molar-refractivity contribution >= 4 is 40.8 Å². The largest absolute Gasteiger partial charge is 0.479 e. The molecule has 0 spiro atoms. The second-order valence-corrected chi connectivity index (χ2v) is 5.85. The first-order valence-electron chi connectivity index (χ1n) is 6.93. The Morgan fingerprint density at radius 2 is 1.83 bits per heavy atom. The van der Waals surface area contributed by atoms with Gasteiger partial charge < -0.3 is 9.84 Å². The third-order valence-corrected chi connectivity index (χ3v) is 3.72. The lowest BCUT2D eigenvalue weighted by atomic mass is 10.0. The van der Waals surface area contributed by atoms with E-state index in [9.17, 15) is 10.1 Å². The molecule has 2 aromatic rings. The molecule has 0 aromatic heterocycles. The highest BCUT2D eigenvalue weighted by Crippen LogP contribution is 2.35. The predicted molar refractivity (Wildman–Crippen MR) is 94.3 cm³/mol. The van der Waals surface area contributed by atoms with Crippen molar-refractivity contribution in [1.29, 1.82) is 5.26 Å². The van der Waals surface area contributed by atoms with Gasteiger partial charge in [-0.15, -0.1) is 0 Å². The molecule has 0 unspecified atom stereocenters. The molecule has 0 fully saturated rings. The van der Waals surface area contributed by atoms with Gasteiger partial charge in [-0.3, -0.25) is 0 Å². The number of hydrogen-bond donors (Lipinski definition) is 1. The van der Waals surface area contributed by atoms with Crippen molar-refractivity contribution in [3.63, 3.8) is 0 Å². The minimum atomic E-state index is -1.13. The van der Waals surface area contributed by atoms with Crippen molar-refractivity contribution < 1.29 is 14.6 Å². The number of nitriles is 1. The molecule has 0 saturated heterocycles. The number of benzene rings is 2. The summed E-state index contributed by atoms with van der Waals surface area (Å²) < 4.78 is 5.06. The average Bonchev–Trinajstić information content (AvgIpc) is 2.52. The molecular formula is C18H13Cl2NO3. The fourth-order valence-corrected chi connectivity index (χ4v) is 2.63. The number of carboxylic acid groups (broad SMARTS) is 1. The molecule has 0 radical (unpaired) electrons. The van der Waals surface area contributed by atoms with E-state index in [1.54, 1.807) is 18.2 Å². The Bertz CT molecular complexity index is 813. The van der Waals surface area contributed by atoms with Gasteiger partial charge in [0.05, 0.1) is 21.7 Å². The highest BCUT2D eigenvalue weighted by Gasteiger charge is 2.11. The van der Waals surface area contributed by atoms with E-state index in [-0.39, 0.29) is 15.8 Å². The zero-order valence-electron chi connectivity index (χ0n) is 12.7. The summed E-state index contributed by atoms with van der Waals surface area (Å²) in [7, 11) is 0. The maximum absolute atomic E-state index is 10.6. The Morgan fingerprint density at radius 3 is 2.33 bits per heavy atom. The number of ether oxygens (including phenoxy) is 1. The van der Waals surface area contributed by atoms with Crippen LogP contribution in [-0.4, -0.2) is 17.7 Å². The summed E-state index contributed by atoms with van der Waals surface area (Å²) in [6.45, 7) is 1.43. The van der Waals surface area contributed by atoms with Gasteiger partial charge in [0.25, 0.3) is 0 Å². The SMILES string of the molecule is Cc1ccc(/C(C#N)=C/c2cc(Cl)c(OCC(=O)O)c(Cl)c2)cc1. The van der Waals surface area contributed by atoms with Crippen LogP contribution in [0.5, 0.6) is 5.75 Å². The lowest BCUT2D eigenvalue weighted by Crippen LogP contribution is -2.10. The normalized spacial score (nSPS) is 11.0. The number of nitrogens with zero attached hydrogens (tertiary/aromatic N) is 1. The van der Waals surface area contributed by atoms with Crippen LogP contribution in [0.2, 0.25) is 10.0 Å². The molecule has 24 heavy (non-hydrogen) atoms. The summed E-state index contributed by atoms with van der Waals surface area (Å²) in [5, 5.41) is 18.4. The summed E-state index contributed by atoms with van der Waals surface area (Å²) in [5.74, 6) is -1.02. The van der Waals surface area contributed by atoms with Gasteiger partial charge in [-0.25, -0.2) is 4.79 Å². The summed E-state index contributed by atoms with van der Waals surface area (Å²) in [6, 6.07) is 12.8. The van der Waals surface area contributed by atoms with Crippen molar-refractivity contribution in [2.24, 2.45) is 0 Å². The third-order valence-electron chi connectivity index (χ3n) is 3.15. The van der Waals surface area contributed by atoms with Crippen molar-refractivity contribution in [1.82, 2.24) is 0 Å². The number of halogens is 2. The monoisotopic (exact) mass is 361 g/mol. The van der Waals surface area contributed by atoms with Crippen molar-refractivity contribution in [2.75, 3.05) is 6.61 Å². The smallest absolute Gasteiger partial charge is 0.341 e. The third kappa shape index (κ3) is 4.51. The Morgan fingerprint density at radius 1 is 1.25 bits per heavy atom. The van der Waals surface area contributed by atoms with Crippen LogP contribution in [-0.2, 0) is 4.79 Å². The molecule has 0 aliphatic carbocycles. The maximum atomic E-state index is 10.6. The molecule has 0 aliphatic rings. The second-order valence-electron chi connectivity index (χ2n) is 5.03. The Hall–Kier alpha value is -2.48. The van der Waals surface area contributed by atoms with Crippen LogP contribution in [0.15, 0.2) is 36.4 Å². The molecule has 0 bridgehead atoms. The number of carbonyl (C=O) groups is 1. The van der Waals surface area contributed by atoms with E-state index in [2.05, 4.69) is 6.07 Å². The standard InChI is InChI=1S/C18H13Cl2NO3/c1-11-2-4-13(5-3-11)14(9-21)6-12-7-15(19)18(16(20)8-12)24-10-17(22)23/h2-8H,10H2,1H3,(H,22,23)/b14-6+. The highest BCUT2D eigenvalue weighted by atomic mass is 35.5. The highest BCUT2D eigenvalue weighted by molar-refractivity contribution is 6.37. The maximum Gasteiger partial charge on any atom is 0.341 e. The molecule has 122 valence electrons. The van der Waals surface area contributed by atoms with E-state index < -0.39 is 12.6 Å². The number of aryl methyl sites for hydroxylation is 1. The van der Waals surface area contributed by atoms with E-state index in [4.69, 9.17) is 33.0 Å². The topological polar surface area (TPSA) is 70.3 Å². The lowest BCUT2D eigenvalue weighted by Gasteiger charge is -2.09. The van der Waals surface area contributed by atoms with Gasteiger partial charge in [0.15, 0.2) is 12.4 Å². The first kappa shape index (κ1) is 17.9. The zero-order valence-corrected chi connectivity index (χ0v) is 14.2. The fourth-order valence-electron chi connectivity index (χ4n) is 2.01. The predicted octanol–water partition coefficient (Wildman–Crippen LogP) is 4.83. The van der Waals surface area contributed by atoms with E-state index in [0.29, 0.717) is 11.1 Å². The summed E-state index contributed by atoms with van der Waals surface area (Å²) >= 11 is 12.2. The molecule has 2 aromatic carbocycles. The Balaban J connectivity index is 2.36. The lowest BCUT2D eigenvalue weighted by molar-refractivity contribution is -0.139. The van der Waals surface area contributed by atoms with Gasteiger partial charge in [-0.1, -0.05) is 53.0 Å². The van der Waals surface area contributed by atoms with E-state index in [0.717, 1.165) is 11.1 Å². The molecule has 0 aliphatic heterocycles. The van der Waals surface area contributed by atoms with Crippen LogP contribution in [0.4, 0.5) is 0 Å². The van der Waals surface area contributed by atoms with E-state index in [1.165, 1.54) is 0 Å². The van der Waals surface area contributed by atoms with E-state index in [1.807, 2.05) is 31.2 Å². The van der Waals surface area contributed by atoms with Gasteiger partial charge in [-0.2, -0.15) is 5.26 Å². The Labute approximate surface area is 149 Å². The van der Waals surface area contributed by atoms with Crippen LogP contribution < -0.4 is 4.74 Å². The second kappa shape index (κ2) is 7.87. The summed E-state index contributed by atoms with van der Waals surface area (Å²) in [5.41, 5.74) is 2.95.